The number of hydrogen-bond acceptors (Lipinski definition) is 2. The minimum Gasteiger partial charge on any atom is -0.491 e. The van der Waals surface area contributed by atoms with Crippen LogP contribution < -0.4 is 15.4 Å². The topological polar surface area (TPSA) is 50.4 Å². The first kappa shape index (κ1) is 17.2. The maximum absolute atomic E-state index is 11.9. The van der Waals surface area contributed by atoms with Crippen molar-refractivity contribution in [2.45, 2.75) is 20.8 Å². The number of rotatable bonds is 5. The van der Waals surface area contributed by atoms with Gasteiger partial charge in [-0.2, -0.15) is 0 Å². The van der Waals surface area contributed by atoms with E-state index in [9.17, 15) is 4.79 Å². The maximum atomic E-state index is 11.9. The average Bonchev–Trinajstić information content (AvgIpc) is 2.49. The highest BCUT2D eigenvalue weighted by molar-refractivity contribution is 6.30. The van der Waals surface area contributed by atoms with Gasteiger partial charge in [0.05, 0.1) is 6.54 Å². The number of amides is 2. The fourth-order valence-corrected chi connectivity index (χ4v) is 2.36. The molecule has 4 nitrogen and oxygen atoms in total. The second-order valence-electron chi connectivity index (χ2n) is 5.46. The summed E-state index contributed by atoms with van der Waals surface area (Å²) in [4.78, 5) is 11.9. The van der Waals surface area contributed by atoms with Crippen LogP contribution in [0.4, 0.5) is 10.5 Å². The molecule has 0 saturated heterocycles. The molecule has 0 aliphatic carbocycles. The molecule has 0 unspecified atom stereocenters. The van der Waals surface area contributed by atoms with Crippen molar-refractivity contribution in [3.63, 3.8) is 0 Å². The molecular formula is C18H21ClN2O2. The van der Waals surface area contributed by atoms with Crippen LogP contribution in [0.2, 0.25) is 5.02 Å². The Morgan fingerprint density at radius 1 is 1.09 bits per heavy atom. The van der Waals surface area contributed by atoms with Crippen molar-refractivity contribution >= 4 is 23.3 Å². The van der Waals surface area contributed by atoms with Crippen LogP contribution in [0.1, 0.15) is 16.7 Å². The number of benzene rings is 2. The van der Waals surface area contributed by atoms with Gasteiger partial charge in [0.1, 0.15) is 12.4 Å². The van der Waals surface area contributed by atoms with E-state index in [1.165, 1.54) is 0 Å². The summed E-state index contributed by atoms with van der Waals surface area (Å²) in [6, 6.07) is 11.2. The molecule has 0 aliphatic rings. The minimum atomic E-state index is -0.241. The Morgan fingerprint density at radius 2 is 1.87 bits per heavy atom. The van der Waals surface area contributed by atoms with Gasteiger partial charge < -0.3 is 15.4 Å². The van der Waals surface area contributed by atoms with Gasteiger partial charge in [-0.25, -0.2) is 4.79 Å². The van der Waals surface area contributed by atoms with E-state index in [4.69, 9.17) is 16.3 Å². The van der Waals surface area contributed by atoms with Crippen LogP contribution in [0, 0.1) is 20.8 Å². The molecule has 23 heavy (non-hydrogen) atoms. The molecule has 0 heterocycles. The first-order chi connectivity index (χ1) is 11.0. The lowest BCUT2D eigenvalue weighted by Gasteiger charge is -2.12. The normalized spacial score (nSPS) is 10.3. The third-order valence-electron chi connectivity index (χ3n) is 3.42. The van der Waals surface area contributed by atoms with Crippen LogP contribution in [-0.4, -0.2) is 19.2 Å². The number of urea groups is 1. The van der Waals surface area contributed by atoms with Gasteiger partial charge in [0.2, 0.25) is 0 Å². The Morgan fingerprint density at radius 3 is 2.61 bits per heavy atom. The minimum absolute atomic E-state index is 0.241. The summed E-state index contributed by atoms with van der Waals surface area (Å²) in [6.07, 6.45) is 0. The largest absolute Gasteiger partial charge is 0.491 e. The highest BCUT2D eigenvalue weighted by atomic mass is 35.5. The SMILES string of the molecule is Cc1ccc(C)c(NC(=O)NCCOc2ccc(Cl)cc2C)c1. The van der Waals surface area contributed by atoms with Crippen LogP contribution in [0.3, 0.4) is 0 Å². The van der Waals surface area contributed by atoms with Crippen molar-refractivity contribution in [2.24, 2.45) is 0 Å². The second-order valence-corrected chi connectivity index (χ2v) is 5.89. The Hall–Kier alpha value is -2.20. The molecule has 0 saturated carbocycles. The molecular weight excluding hydrogens is 312 g/mol. The Bertz CT molecular complexity index is 701. The summed E-state index contributed by atoms with van der Waals surface area (Å²) in [5, 5.41) is 6.30. The lowest BCUT2D eigenvalue weighted by atomic mass is 10.1. The van der Waals surface area contributed by atoms with Gasteiger partial charge >= 0.3 is 6.03 Å². The third-order valence-corrected chi connectivity index (χ3v) is 3.66. The van der Waals surface area contributed by atoms with Crippen molar-refractivity contribution in [3.8, 4) is 5.75 Å². The molecule has 0 atom stereocenters. The Kier molecular flexibility index (Phi) is 5.88. The van der Waals surface area contributed by atoms with Gasteiger partial charge in [-0.05, 0) is 61.7 Å². The van der Waals surface area contributed by atoms with E-state index in [0.29, 0.717) is 18.2 Å². The van der Waals surface area contributed by atoms with Crippen molar-refractivity contribution in [2.75, 3.05) is 18.5 Å². The standard InChI is InChI=1S/C18H21ClN2O2/c1-12-4-5-13(2)16(10-12)21-18(22)20-8-9-23-17-7-6-15(19)11-14(17)3/h4-7,10-11H,8-9H2,1-3H3,(H2,20,21,22). The molecule has 2 N–H and O–H groups in total. The van der Waals surface area contributed by atoms with Gasteiger partial charge in [0.15, 0.2) is 0 Å². The lowest BCUT2D eigenvalue weighted by Crippen LogP contribution is -2.32. The molecule has 2 amide bonds. The van der Waals surface area contributed by atoms with Gasteiger partial charge in [-0.15, -0.1) is 0 Å². The smallest absolute Gasteiger partial charge is 0.319 e. The molecule has 0 bridgehead atoms. The van der Waals surface area contributed by atoms with Crippen LogP contribution >= 0.6 is 11.6 Å². The Balaban J connectivity index is 1.77. The number of anilines is 1. The number of carbonyl (C=O) groups excluding carboxylic acids is 1. The zero-order valence-electron chi connectivity index (χ0n) is 13.6. The highest BCUT2D eigenvalue weighted by Crippen LogP contribution is 2.21. The Labute approximate surface area is 141 Å². The number of ether oxygens (including phenoxy) is 1. The summed E-state index contributed by atoms with van der Waals surface area (Å²) in [7, 11) is 0. The van der Waals surface area contributed by atoms with Crippen LogP contribution in [0.5, 0.6) is 5.75 Å². The predicted molar refractivity (Wildman–Crippen MR) is 94.6 cm³/mol. The van der Waals surface area contributed by atoms with E-state index in [-0.39, 0.29) is 6.03 Å². The number of aryl methyl sites for hydroxylation is 3. The average molecular weight is 333 g/mol. The molecule has 0 aliphatic heterocycles. The van der Waals surface area contributed by atoms with E-state index < -0.39 is 0 Å². The van der Waals surface area contributed by atoms with Gasteiger partial charge in [-0.3, -0.25) is 0 Å². The quantitative estimate of drug-likeness (QED) is 0.794. The molecule has 0 radical (unpaired) electrons. The lowest BCUT2D eigenvalue weighted by molar-refractivity contribution is 0.247. The van der Waals surface area contributed by atoms with Crippen LogP contribution in [0.25, 0.3) is 0 Å². The molecule has 2 aromatic rings. The zero-order chi connectivity index (χ0) is 16.8. The van der Waals surface area contributed by atoms with E-state index in [1.54, 1.807) is 6.07 Å². The molecule has 0 aromatic heterocycles. The van der Waals surface area contributed by atoms with Gasteiger partial charge in [0, 0.05) is 10.7 Å². The highest BCUT2D eigenvalue weighted by Gasteiger charge is 2.05. The fraction of sp³-hybridized carbons (Fsp3) is 0.278. The molecule has 2 aromatic carbocycles. The van der Waals surface area contributed by atoms with E-state index >= 15 is 0 Å². The summed E-state index contributed by atoms with van der Waals surface area (Å²) >= 11 is 5.90. The summed E-state index contributed by atoms with van der Waals surface area (Å²) < 4.78 is 5.63. The van der Waals surface area contributed by atoms with Crippen molar-refractivity contribution in [1.82, 2.24) is 5.32 Å². The van der Waals surface area contributed by atoms with E-state index in [1.807, 2.05) is 51.1 Å². The van der Waals surface area contributed by atoms with Crippen molar-refractivity contribution in [1.29, 1.82) is 0 Å². The van der Waals surface area contributed by atoms with Gasteiger partial charge in [-0.1, -0.05) is 23.7 Å². The number of halogens is 1. The second kappa shape index (κ2) is 7.88. The van der Waals surface area contributed by atoms with Crippen molar-refractivity contribution in [3.05, 3.63) is 58.1 Å². The number of nitrogens with one attached hydrogen (secondary N) is 2. The summed E-state index contributed by atoms with van der Waals surface area (Å²) in [5.74, 6) is 0.770. The van der Waals surface area contributed by atoms with Crippen molar-refractivity contribution < 1.29 is 9.53 Å². The molecule has 0 spiro atoms. The van der Waals surface area contributed by atoms with Gasteiger partial charge in [0.25, 0.3) is 0 Å². The third kappa shape index (κ3) is 5.18. The molecule has 2 rings (SSSR count). The number of carbonyl (C=O) groups is 1. The summed E-state index contributed by atoms with van der Waals surface area (Å²) in [6.45, 7) is 6.69. The van der Waals surface area contributed by atoms with Crippen LogP contribution in [0.15, 0.2) is 36.4 Å². The first-order valence-corrected chi connectivity index (χ1v) is 7.84. The zero-order valence-corrected chi connectivity index (χ0v) is 14.3. The molecule has 5 heteroatoms. The van der Waals surface area contributed by atoms with Crippen LogP contribution in [-0.2, 0) is 0 Å². The first-order valence-electron chi connectivity index (χ1n) is 7.47. The monoisotopic (exact) mass is 332 g/mol. The molecule has 0 fully saturated rings. The molecule has 122 valence electrons. The predicted octanol–water partition coefficient (Wildman–Crippen LogP) is 4.47. The fourth-order valence-electron chi connectivity index (χ4n) is 2.14. The summed E-state index contributed by atoms with van der Waals surface area (Å²) in [5.41, 5.74) is 3.92. The number of hydrogen-bond donors (Lipinski definition) is 2. The maximum Gasteiger partial charge on any atom is 0.319 e. The van der Waals surface area contributed by atoms with E-state index in [2.05, 4.69) is 10.6 Å². The van der Waals surface area contributed by atoms with E-state index in [0.717, 1.165) is 28.1 Å².